The summed E-state index contributed by atoms with van der Waals surface area (Å²) in [7, 11) is 1.82. The van der Waals surface area contributed by atoms with Gasteiger partial charge in [0.05, 0.1) is 5.92 Å². The fourth-order valence-electron chi connectivity index (χ4n) is 3.82. The number of likely N-dealkylation sites (N-methyl/N-ethyl adjacent to an activating group) is 1. The van der Waals surface area contributed by atoms with Gasteiger partial charge in [-0.2, -0.15) is 0 Å². The topological polar surface area (TPSA) is 98.7 Å². The lowest BCUT2D eigenvalue weighted by atomic mass is 9.93. The van der Waals surface area contributed by atoms with E-state index in [2.05, 4.69) is 10.6 Å². The Morgan fingerprint density at radius 1 is 1.03 bits per heavy atom. The van der Waals surface area contributed by atoms with Crippen molar-refractivity contribution in [2.45, 2.75) is 71.1 Å². The number of aliphatic hydroxyl groups excluding tert-OH is 1. The summed E-state index contributed by atoms with van der Waals surface area (Å²) in [4.78, 5) is 39.9. The fraction of sp³-hybridized carbons (Fsp3) is 0.625. The van der Waals surface area contributed by atoms with E-state index in [0.29, 0.717) is 0 Å². The van der Waals surface area contributed by atoms with Gasteiger partial charge in [-0.15, -0.1) is 0 Å². The van der Waals surface area contributed by atoms with Gasteiger partial charge in [0.2, 0.25) is 17.7 Å². The first-order valence-electron chi connectivity index (χ1n) is 11.3. The Balaban J connectivity index is 2.06. The van der Waals surface area contributed by atoms with Crippen LogP contribution in [0.1, 0.15) is 64.5 Å². The Kier molecular flexibility index (Phi) is 9.49. The highest BCUT2D eigenvalue weighted by atomic mass is 16.3. The summed E-state index contributed by atoms with van der Waals surface area (Å²) >= 11 is 0. The molecule has 0 radical (unpaired) electrons. The first-order valence-corrected chi connectivity index (χ1v) is 11.3. The minimum absolute atomic E-state index is 0.0859. The van der Waals surface area contributed by atoms with Crippen LogP contribution in [0.25, 0.3) is 0 Å². The predicted molar refractivity (Wildman–Crippen MR) is 120 cm³/mol. The molecule has 0 aliphatic heterocycles. The molecular weight excluding hydrogens is 394 g/mol. The first-order chi connectivity index (χ1) is 14.7. The molecule has 1 aromatic rings. The SMILES string of the molecule is CC(CNC(=O)[C@@H](O)C(C)C)C(=O)N[C@H](C(=O)N(C)C1CCCCC1)c1ccccc1. The molecule has 1 fully saturated rings. The van der Waals surface area contributed by atoms with Crippen LogP contribution in [0, 0.1) is 11.8 Å². The van der Waals surface area contributed by atoms with Crippen molar-refractivity contribution in [3.63, 3.8) is 0 Å². The molecule has 0 heterocycles. The van der Waals surface area contributed by atoms with Crippen molar-refractivity contribution >= 4 is 17.7 Å². The van der Waals surface area contributed by atoms with E-state index in [9.17, 15) is 19.5 Å². The fourth-order valence-corrected chi connectivity index (χ4v) is 3.82. The highest BCUT2D eigenvalue weighted by molar-refractivity contribution is 5.90. The lowest BCUT2D eigenvalue weighted by Crippen LogP contribution is -2.48. The molecule has 3 amide bonds. The first kappa shape index (κ1) is 24.9. The number of aliphatic hydroxyl groups is 1. The van der Waals surface area contributed by atoms with Gasteiger partial charge >= 0.3 is 0 Å². The Morgan fingerprint density at radius 2 is 1.65 bits per heavy atom. The normalized spacial score (nSPS) is 17.5. The largest absolute Gasteiger partial charge is 0.383 e. The van der Waals surface area contributed by atoms with Crippen molar-refractivity contribution in [3.8, 4) is 0 Å². The highest BCUT2D eigenvalue weighted by Crippen LogP contribution is 2.25. The second kappa shape index (κ2) is 11.8. The van der Waals surface area contributed by atoms with Crippen LogP contribution in [0.3, 0.4) is 0 Å². The number of hydrogen-bond donors (Lipinski definition) is 3. The quantitative estimate of drug-likeness (QED) is 0.559. The molecule has 1 saturated carbocycles. The number of rotatable bonds is 9. The lowest BCUT2D eigenvalue weighted by Gasteiger charge is -2.34. The summed E-state index contributed by atoms with van der Waals surface area (Å²) in [5, 5.41) is 15.3. The molecule has 0 aromatic heterocycles. The van der Waals surface area contributed by atoms with Gasteiger partial charge in [-0.3, -0.25) is 14.4 Å². The van der Waals surface area contributed by atoms with Crippen LogP contribution in [0.4, 0.5) is 0 Å². The van der Waals surface area contributed by atoms with Gasteiger partial charge in [-0.05, 0) is 24.3 Å². The van der Waals surface area contributed by atoms with E-state index >= 15 is 0 Å². The molecule has 1 unspecified atom stereocenters. The van der Waals surface area contributed by atoms with Crippen LogP contribution in [-0.2, 0) is 14.4 Å². The third-order valence-corrected chi connectivity index (χ3v) is 6.07. The van der Waals surface area contributed by atoms with Crippen LogP contribution in [-0.4, -0.2) is 53.5 Å². The van der Waals surface area contributed by atoms with E-state index in [1.54, 1.807) is 25.7 Å². The summed E-state index contributed by atoms with van der Waals surface area (Å²) in [6.45, 7) is 5.27. The Morgan fingerprint density at radius 3 is 2.23 bits per heavy atom. The monoisotopic (exact) mass is 431 g/mol. The molecule has 0 spiro atoms. The molecule has 172 valence electrons. The number of nitrogens with zero attached hydrogens (tertiary/aromatic N) is 1. The number of amides is 3. The minimum Gasteiger partial charge on any atom is -0.383 e. The van der Waals surface area contributed by atoms with Gasteiger partial charge in [0, 0.05) is 19.6 Å². The Labute approximate surface area is 185 Å². The summed E-state index contributed by atoms with van der Waals surface area (Å²) in [6, 6.07) is 8.65. The van der Waals surface area contributed by atoms with E-state index in [0.717, 1.165) is 31.2 Å². The third kappa shape index (κ3) is 7.06. The van der Waals surface area contributed by atoms with E-state index in [1.165, 1.54) is 6.42 Å². The van der Waals surface area contributed by atoms with Crippen LogP contribution in [0.2, 0.25) is 0 Å². The Bertz CT molecular complexity index is 732. The maximum absolute atomic E-state index is 13.3. The zero-order valence-electron chi connectivity index (χ0n) is 19.1. The molecule has 3 atom stereocenters. The van der Waals surface area contributed by atoms with Gasteiger partial charge in [0.1, 0.15) is 12.1 Å². The maximum Gasteiger partial charge on any atom is 0.249 e. The van der Waals surface area contributed by atoms with Crippen molar-refractivity contribution in [1.82, 2.24) is 15.5 Å². The van der Waals surface area contributed by atoms with Crippen LogP contribution in [0.5, 0.6) is 0 Å². The van der Waals surface area contributed by atoms with Gasteiger partial charge in [0.15, 0.2) is 0 Å². The predicted octanol–water partition coefficient (Wildman–Crippen LogP) is 2.40. The van der Waals surface area contributed by atoms with E-state index in [-0.39, 0.29) is 30.3 Å². The number of carbonyl (C=O) groups excluding carboxylic acids is 3. The van der Waals surface area contributed by atoms with Crippen LogP contribution in [0.15, 0.2) is 30.3 Å². The number of nitrogens with one attached hydrogen (secondary N) is 2. The van der Waals surface area contributed by atoms with Gasteiger partial charge in [-0.1, -0.05) is 70.4 Å². The summed E-state index contributed by atoms with van der Waals surface area (Å²) in [5.74, 6) is -1.71. The molecule has 1 aliphatic carbocycles. The summed E-state index contributed by atoms with van der Waals surface area (Å²) in [6.07, 6.45) is 4.29. The highest BCUT2D eigenvalue weighted by Gasteiger charge is 2.31. The van der Waals surface area contributed by atoms with Crippen molar-refractivity contribution in [3.05, 3.63) is 35.9 Å². The zero-order valence-corrected chi connectivity index (χ0v) is 19.1. The average molecular weight is 432 g/mol. The molecule has 1 aliphatic rings. The van der Waals surface area contributed by atoms with E-state index < -0.39 is 24.0 Å². The Hall–Kier alpha value is -2.41. The second-order valence-corrected chi connectivity index (χ2v) is 8.93. The van der Waals surface area contributed by atoms with Crippen molar-refractivity contribution in [2.75, 3.05) is 13.6 Å². The molecule has 0 saturated heterocycles. The molecular formula is C24H37N3O4. The smallest absolute Gasteiger partial charge is 0.249 e. The third-order valence-electron chi connectivity index (χ3n) is 6.07. The maximum atomic E-state index is 13.3. The average Bonchev–Trinajstić information content (AvgIpc) is 2.80. The van der Waals surface area contributed by atoms with Gasteiger partial charge < -0.3 is 20.6 Å². The van der Waals surface area contributed by atoms with E-state index in [1.807, 2.05) is 37.4 Å². The van der Waals surface area contributed by atoms with Gasteiger partial charge in [0.25, 0.3) is 0 Å². The van der Waals surface area contributed by atoms with Crippen LogP contribution >= 0.6 is 0 Å². The molecule has 2 rings (SSSR count). The summed E-state index contributed by atoms with van der Waals surface area (Å²) < 4.78 is 0. The second-order valence-electron chi connectivity index (χ2n) is 8.93. The summed E-state index contributed by atoms with van der Waals surface area (Å²) in [5.41, 5.74) is 0.731. The molecule has 7 nitrogen and oxygen atoms in total. The number of carbonyl (C=O) groups is 3. The van der Waals surface area contributed by atoms with Crippen molar-refractivity contribution < 1.29 is 19.5 Å². The van der Waals surface area contributed by atoms with Crippen molar-refractivity contribution in [1.29, 1.82) is 0 Å². The molecule has 7 heteroatoms. The molecule has 0 bridgehead atoms. The molecule has 31 heavy (non-hydrogen) atoms. The lowest BCUT2D eigenvalue weighted by molar-refractivity contribution is -0.139. The minimum atomic E-state index is -1.11. The van der Waals surface area contributed by atoms with Crippen molar-refractivity contribution in [2.24, 2.45) is 11.8 Å². The van der Waals surface area contributed by atoms with E-state index in [4.69, 9.17) is 0 Å². The number of benzene rings is 1. The van der Waals surface area contributed by atoms with Gasteiger partial charge in [-0.25, -0.2) is 0 Å². The van der Waals surface area contributed by atoms with Crippen LogP contribution < -0.4 is 10.6 Å². The molecule has 3 N–H and O–H groups in total. The molecule has 1 aromatic carbocycles. The zero-order chi connectivity index (χ0) is 23.0. The standard InChI is InChI=1S/C24H37N3O4/c1-16(2)21(28)23(30)25-15-17(3)22(29)26-20(18-11-7-5-8-12-18)24(31)27(4)19-13-9-6-10-14-19/h5,7-8,11-12,16-17,19-21,28H,6,9-10,13-15H2,1-4H3,(H,25,30)(H,26,29)/t17?,20-,21-/m0/s1. The number of hydrogen-bond acceptors (Lipinski definition) is 4.